The lowest BCUT2D eigenvalue weighted by atomic mass is 10.1. The Morgan fingerprint density at radius 2 is 2.04 bits per heavy atom. The van der Waals surface area contributed by atoms with Gasteiger partial charge in [-0.1, -0.05) is 36.4 Å². The maximum Gasteiger partial charge on any atom is 0.231 e. The molecule has 7 heteroatoms. The summed E-state index contributed by atoms with van der Waals surface area (Å²) < 4.78 is 5.22. The molecule has 2 heterocycles. The van der Waals surface area contributed by atoms with Crippen molar-refractivity contribution in [3.63, 3.8) is 0 Å². The molecule has 0 unspecified atom stereocenters. The molecule has 1 fully saturated rings. The highest BCUT2D eigenvalue weighted by Gasteiger charge is 2.35. The number of hydrogen-bond acceptors (Lipinski definition) is 5. The number of anilines is 2. The van der Waals surface area contributed by atoms with Gasteiger partial charge in [-0.2, -0.15) is 0 Å². The Balaban J connectivity index is 1.43. The third-order valence-electron chi connectivity index (χ3n) is 4.66. The molecule has 0 aliphatic carbocycles. The molecule has 142 valence electrons. The SMILES string of the molecule is COc1cccc(N2C[C@@H](C(=O)Nc3nc(-c4ccccc4)cs3)CC2=O)c1. The van der Waals surface area contributed by atoms with E-state index in [1.54, 1.807) is 18.1 Å². The predicted octanol–water partition coefficient (Wildman–Crippen LogP) is 3.81. The lowest BCUT2D eigenvalue weighted by molar-refractivity contribution is -0.122. The van der Waals surface area contributed by atoms with E-state index in [-0.39, 0.29) is 18.2 Å². The van der Waals surface area contributed by atoms with Crippen LogP contribution in [0.4, 0.5) is 10.8 Å². The number of methoxy groups -OCH3 is 1. The highest BCUT2D eigenvalue weighted by molar-refractivity contribution is 7.14. The number of benzene rings is 2. The fourth-order valence-corrected chi connectivity index (χ4v) is 3.91. The summed E-state index contributed by atoms with van der Waals surface area (Å²) in [4.78, 5) is 31.2. The van der Waals surface area contributed by atoms with Crippen molar-refractivity contribution in [2.24, 2.45) is 5.92 Å². The van der Waals surface area contributed by atoms with Gasteiger partial charge in [0.15, 0.2) is 5.13 Å². The average Bonchev–Trinajstić information content (AvgIpc) is 3.35. The number of thiazole rings is 1. The molecule has 1 aromatic heterocycles. The van der Waals surface area contributed by atoms with Gasteiger partial charge < -0.3 is 15.0 Å². The quantitative estimate of drug-likeness (QED) is 0.716. The minimum Gasteiger partial charge on any atom is -0.497 e. The second-order valence-electron chi connectivity index (χ2n) is 6.50. The molecule has 1 N–H and O–H groups in total. The standard InChI is InChI=1S/C21H19N3O3S/c1-27-17-9-5-8-16(11-17)24-12-15(10-19(24)25)20(26)23-21-22-18(13-28-21)14-6-3-2-4-7-14/h2-9,11,13,15H,10,12H2,1H3,(H,22,23,26)/t15-/m0/s1. The van der Waals surface area contributed by atoms with Crippen molar-refractivity contribution < 1.29 is 14.3 Å². The van der Waals surface area contributed by atoms with Crippen LogP contribution in [0.3, 0.4) is 0 Å². The van der Waals surface area contributed by atoms with Gasteiger partial charge in [-0.3, -0.25) is 9.59 Å². The summed E-state index contributed by atoms with van der Waals surface area (Å²) in [5.74, 6) is 0.00225. The molecular formula is C21H19N3O3S. The number of carbonyl (C=O) groups excluding carboxylic acids is 2. The lowest BCUT2D eigenvalue weighted by Crippen LogP contribution is -2.28. The van der Waals surface area contributed by atoms with E-state index in [4.69, 9.17) is 4.74 Å². The normalized spacial score (nSPS) is 16.2. The van der Waals surface area contributed by atoms with E-state index in [0.717, 1.165) is 16.9 Å². The van der Waals surface area contributed by atoms with Gasteiger partial charge in [0.25, 0.3) is 0 Å². The zero-order valence-corrected chi connectivity index (χ0v) is 16.1. The molecule has 1 saturated heterocycles. The molecule has 0 bridgehead atoms. The Labute approximate surface area is 166 Å². The van der Waals surface area contributed by atoms with Gasteiger partial charge >= 0.3 is 0 Å². The van der Waals surface area contributed by atoms with Crippen LogP contribution < -0.4 is 15.0 Å². The first-order chi connectivity index (χ1) is 13.6. The van der Waals surface area contributed by atoms with E-state index in [9.17, 15) is 9.59 Å². The van der Waals surface area contributed by atoms with E-state index in [1.165, 1.54) is 11.3 Å². The van der Waals surface area contributed by atoms with Crippen LogP contribution in [0.25, 0.3) is 11.3 Å². The Morgan fingerprint density at radius 3 is 2.82 bits per heavy atom. The van der Waals surface area contributed by atoms with Gasteiger partial charge in [-0.25, -0.2) is 4.98 Å². The van der Waals surface area contributed by atoms with Crippen LogP contribution in [0, 0.1) is 5.92 Å². The molecule has 2 amide bonds. The molecule has 4 rings (SSSR count). The fourth-order valence-electron chi connectivity index (χ4n) is 3.19. The molecule has 0 radical (unpaired) electrons. The van der Waals surface area contributed by atoms with Crippen molar-refractivity contribution in [1.29, 1.82) is 0 Å². The van der Waals surface area contributed by atoms with Crippen molar-refractivity contribution in [2.75, 3.05) is 23.9 Å². The number of nitrogens with zero attached hydrogens (tertiary/aromatic N) is 2. The number of rotatable bonds is 5. The van der Waals surface area contributed by atoms with Crippen molar-refractivity contribution in [3.05, 3.63) is 60.0 Å². The van der Waals surface area contributed by atoms with Crippen molar-refractivity contribution in [3.8, 4) is 17.0 Å². The van der Waals surface area contributed by atoms with Gasteiger partial charge in [0, 0.05) is 35.7 Å². The van der Waals surface area contributed by atoms with Crippen LogP contribution in [0.15, 0.2) is 60.0 Å². The summed E-state index contributed by atoms with van der Waals surface area (Å²) in [6, 6.07) is 17.1. The first kappa shape index (κ1) is 18.2. The van der Waals surface area contributed by atoms with E-state index < -0.39 is 5.92 Å². The molecule has 1 aliphatic rings. The van der Waals surface area contributed by atoms with Crippen LogP contribution >= 0.6 is 11.3 Å². The zero-order valence-electron chi connectivity index (χ0n) is 15.3. The summed E-state index contributed by atoms with van der Waals surface area (Å²) in [6.07, 6.45) is 0.181. The number of nitrogens with one attached hydrogen (secondary N) is 1. The monoisotopic (exact) mass is 393 g/mol. The van der Waals surface area contributed by atoms with Crippen LogP contribution in [0.5, 0.6) is 5.75 Å². The molecule has 28 heavy (non-hydrogen) atoms. The summed E-state index contributed by atoms with van der Waals surface area (Å²) in [6.45, 7) is 0.342. The molecule has 1 aliphatic heterocycles. The smallest absolute Gasteiger partial charge is 0.231 e. The summed E-state index contributed by atoms with van der Waals surface area (Å²) in [5.41, 5.74) is 2.56. The van der Waals surface area contributed by atoms with Crippen molar-refractivity contribution in [2.45, 2.75) is 6.42 Å². The number of carbonyl (C=O) groups is 2. The highest BCUT2D eigenvalue weighted by atomic mass is 32.1. The second kappa shape index (κ2) is 7.82. The molecule has 3 aromatic rings. The van der Waals surface area contributed by atoms with E-state index in [2.05, 4.69) is 10.3 Å². The van der Waals surface area contributed by atoms with E-state index in [1.807, 2.05) is 53.9 Å². The fraction of sp³-hybridized carbons (Fsp3) is 0.190. The number of aromatic nitrogens is 1. The Hall–Kier alpha value is -3.19. The summed E-state index contributed by atoms with van der Waals surface area (Å²) >= 11 is 1.38. The van der Waals surface area contributed by atoms with E-state index in [0.29, 0.717) is 17.4 Å². The summed E-state index contributed by atoms with van der Waals surface area (Å²) in [7, 11) is 1.58. The van der Waals surface area contributed by atoms with Gasteiger partial charge in [-0.05, 0) is 12.1 Å². The lowest BCUT2D eigenvalue weighted by Gasteiger charge is -2.17. The van der Waals surface area contributed by atoms with Crippen LogP contribution in [-0.4, -0.2) is 30.5 Å². The molecular weight excluding hydrogens is 374 g/mol. The van der Waals surface area contributed by atoms with Crippen LogP contribution in [0.1, 0.15) is 6.42 Å². The van der Waals surface area contributed by atoms with Crippen molar-refractivity contribution >= 4 is 34.0 Å². The summed E-state index contributed by atoms with van der Waals surface area (Å²) in [5, 5.41) is 5.30. The van der Waals surface area contributed by atoms with Crippen molar-refractivity contribution in [1.82, 2.24) is 4.98 Å². The molecule has 6 nitrogen and oxygen atoms in total. The maximum atomic E-state index is 12.7. The molecule has 2 aromatic carbocycles. The molecule has 1 atom stereocenters. The van der Waals surface area contributed by atoms with Gasteiger partial charge in [0.2, 0.25) is 11.8 Å². The third kappa shape index (κ3) is 3.75. The predicted molar refractivity (Wildman–Crippen MR) is 110 cm³/mol. The molecule has 0 spiro atoms. The van der Waals surface area contributed by atoms with Gasteiger partial charge in [-0.15, -0.1) is 11.3 Å². The third-order valence-corrected chi connectivity index (χ3v) is 5.42. The first-order valence-electron chi connectivity index (χ1n) is 8.90. The maximum absolute atomic E-state index is 12.7. The highest BCUT2D eigenvalue weighted by Crippen LogP contribution is 2.29. The minimum atomic E-state index is -0.414. The Bertz CT molecular complexity index is 1000. The minimum absolute atomic E-state index is 0.0717. The number of hydrogen-bond donors (Lipinski definition) is 1. The van der Waals surface area contributed by atoms with Gasteiger partial charge in [0.05, 0.1) is 18.7 Å². The second-order valence-corrected chi connectivity index (χ2v) is 7.36. The largest absolute Gasteiger partial charge is 0.497 e. The van der Waals surface area contributed by atoms with Gasteiger partial charge in [0.1, 0.15) is 5.75 Å². The van der Waals surface area contributed by atoms with E-state index >= 15 is 0 Å². The number of ether oxygens (including phenoxy) is 1. The van der Waals surface area contributed by atoms with Crippen LogP contribution in [-0.2, 0) is 9.59 Å². The van der Waals surface area contributed by atoms with Crippen LogP contribution in [0.2, 0.25) is 0 Å². The Morgan fingerprint density at radius 1 is 1.21 bits per heavy atom. The Kier molecular flexibility index (Phi) is 5.08. The zero-order chi connectivity index (χ0) is 19.5. The molecule has 0 saturated carbocycles. The average molecular weight is 393 g/mol. The topological polar surface area (TPSA) is 71.5 Å². The number of amides is 2. The first-order valence-corrected chi connectivity index (χ1v) is 9.78.